The van der Waals surface area contributed by atoms with E-state index in [1.54, 1.807) is 35.0 Å². The maximum atomic E-state index is 13.4. The van der Waals surface area contributed by atoms with E-state index in [1.165, 1.54) is 6.20 Å². The zero-order valence-corrected chi connectivity index (χ0v) is 22.9. The van der Waals surface area contributed by atoms with Crippen LogP contribution >= 0.6 is 0 Å². The summed E-state index contributed by atoms with van der Waals surface area (Å²) in [6.07, 6.45) is -1.73. The second-order valence-corrected chi connectivity index (χ2v) is 10.5. The van der Waals surface area contributed by atoms with E-state index in [2.05, 4.69) is 24.9 Å². The smallest absolute Gasteiger partial charge is 0.383 e. The summed E-state index contributed by atoms with van der Waals surface area (Å²) in [5.41, 5.74) is 7.43. The Kier molecular flexibility index (Phi) is 7.80. The van der Waals surface area contributed by atoms with Crippen molar-refractivity contribution >= 4 is 17.4 Å². The number of aromatic nitrogens is 4. The number of carbonyl (C=O) groups excluding carboxylic acids is 1. The van der Waals surface area contributed by atoms with Crippen molar-refractivity contribution in [3.63, 3.8) is 0 Å². The number of benzene rings is 1. The fourth-order valence-electron chi connectivity index (χ4n) is 5.31. The molecule has 0 saturated carbocycles. The van der Waals surface area contributed by atoms with E-state index in [0.717, 1.165) is 64.1 Å². The first-order chi connectivity index (χ1) is 20.3. The minimum Gasteiger partial charge on any atom is -0.383 e. The zero-order valence-electron chi connectivity index (χ0n) is 22.9. The van der Waals surface area contributed by atoms with Crippen LogP contribution in [0.1, 0.15) is 15.9 Å². The Morgan fingerprint density at radius 2 is 1.55 bits per heavy atom. The number of nitrogens with two attached hydrogens (primary N) is 1. The monoisotopic (exact) mass is 580 g/mol. The summed E-state index contributed by atoms with van der Waals surface area (Å²) >= 11 is 0. The number of amides is 1. The third-order valence-electron chi connectivity index (χ3n) is 7.81. The maximum absolute atomic E-state index is 13.4. The Morgan fingerprint density at radius 1 is 0.857 bits per heavy atom. The van der Waals surface area contributed by atoms with Crippen LogP contribution in [-0.4, -0.2) is 106 Å². The number of pyridine rings is 1. The van der Waals surface area contributed by atoms with Crippen LogP contribution in [0.15, 0.2) is 54.9 Å². The van der Waals surface area contributed by atoms with Crippen LogP contribution in [0.4, 0.5) is 19.0 Å². The molecule has 220 valence electrons. The molecular formula is C29H31F3N8O2. The van der Waals surface area contributed by atoms with Gasteiger partial charge in [0.1, 0.15) is 5.82 Å². The number of morpholine rings is 1. The lowest BCUT2D eigenvalue weighted by Gasteiger charge is -2.36. The van der Waals surface area contributed by atoms with Gasteiger partial charge in [-0.15, -0.1) is 0 Å². The van der Waals surface area contributed by atoms with E-state index in [4.69, 9.17) is 10.5 Å². The third-order valence-corrected chi connectivity index (χ3v) is 7.81. The topological polar surface area (TPSA) is 105 Å². The van der Waals surface area contributed by atoms with Crippen LogP contribution in [0.3, 0.4) is 0 Å². The van der Waals surface area contributed by atoms with Gasteiger partial charge in [0.15, 0.2) is 5.65 Å². The van der Waals surface area contributed by atoms with Crippen molar-refractivity contribution in [2.24, 2.45) is 0 Å². The van der Waals surface area contributed by atoms with Gasteiger partial charge in [0.2, 0.25) is 0 Å². The molecule has 0 spiro atoms. The highest BCUT2D eigenvalue weighted by Crippen LogP contribution is 2.35. The van der Waals surface area contributed by atoms with Gasteiger partial charge in [0.25, 0.3) is 5.91 Å². The molecule has 0 unspecified atom stereocenters. The van der Waals surface area contributed by atoms with Gasteiger partial charge < -0.3 is 15.4 Å². The van der Waals surface area contributed by atoms with Gasteiger partial charge in [-0.25, -0.2) is 14.5 Å². The predicted octanol–water partition coefficient (Wildman–Crippen LogP) is 3.15. The summed E-state index contributed by atoms with van der Waals surface area (Å²) in [6, 6.07) is 11.4. The molecule has 1 amide bonds. The number of carbonyl (C=O) groups is 1. The van der Waals surface area contributed by atoms with Crippen molar-refractivity contribution in [1.29, 1.82) is 0 Å². The molecule has 0 atom stereocenters. The fraction of sp³-hybridized carbons (Fsp3) is 0.379. The summed E-state index contributed by atoms with van der Waals surface area (Å²) in [5.74, 6) is -0.597. The summed E-state index contributed by atoms with van der Waals surface area (Å²) in [7, 11) is 0. The second-order valence-electron chi connectivity index (χ2n) is 10.5. The largest absolute Gasteiger partial charge is 0.419 e. The van der Waals surface area contributed by atoms with Gasteiger partial charge in [0.05, 0.1) is 36.4 Å². The van der Waals surface area contributed by atoms with Crippen molar-refractivity contribution in [3.05, 3.63) is 66.0 Å². The molecule has 1 aromatic carbocycles. The molecule has 4 aromatic rings. The highest BCUT2D eigenvalue weighted by atomic mass is 19.4. The van der Waals surface area contributed by atoms with Crippen LogP contribution in [0, 0.1) is 0 Å². The molecule has 10 nitrogen and oxygen atoms in total. The number of imidazole rings is 1. The highest BCUT2D eigenvalue weighted by molar-refractivity contribution is 5.94. The Labute approximate surface area is 240 Å². The Balaban J connectivity index is 1.13. The van der Waals surface area contributed by atoms with E-state index in [9.17, 15) is 18.0 Å². The Bertz CT molecular complexity index is 1560. The quantitative estimate of drug-likeness (QED) is 0.371. The predicted molar refractivity (Wildman–Crippen MR) is 151 cm³/mol. The molecule has 2 aliphatic rings. The van der Waals surface area contributed by atoms with Crippen LogP contribution < -0.4 is 5.73 Å². The standard InChI is InChI=1S/C29H31F3N8O2/c30-29(31,32)23-17-22(18-35-27(23)33)24-5-6-26-34-19-25(40(26)36-24)20-1-3-21(4-2-20)28(41)39-11-9-37(10-12-39)7-8-38-13-15-42-16-14-38/h1-6,17-19H,7-16H2,(H2,33,35). The number of ether oxygens (including phenoxy) is 1. The average molecular weight is 581 g/mol. The number of halogens is 3. The summed E-state index contributed by atoms with van der Waals surface area (Å²) in [6.45, 7) is 8.60. The fourth-order valence-corrected chi connectivity index (χ4v) is 5.31. The number of hydrogen-bond donors (Lipinski definition) is 1. The number of anilines is 1. The van der Waals surface area contributed by atoms with Gasteiger partial charge in [0, 0.05) is 75.2 Å². The van der Waals surface area contributed by atoms with Crippen LogP contribution in [0.2, 0.25) is 0 Å². The van der Waals surface area contributed by atoms with E-state index >= 15 is 0 Å². The molecule has 0 aliphatic carbocycles. The van der Waals surface area contributed by atoms with E-state index in [1.807, 2.05) is 17.0 Å². The third kappa shape index (κ3) is 5.94. The minimum absolute atomic E-state index is 0.00995. The van der Waals surface area contributed by atoms with Crippen molar-refractivity contribution in [3.8, 4) is 22.5 Å². The van der Waals surface area contributed by atoms with Gasteiger partial charge in [-0.1, -0.05) is 12.1 Å². The molecule has 6 rings (SSSR count). The number of nitrogen functional groups attached to an aromatic ring is 1. The normalized spacial score (nSPS) is 17.2. The first kappa shape index (κ1) is 28.1. The lowest BCUT2D eigenvalue weighted by Crippen LogP contribution is -2.51. The van der Waals surface area contributed by atoms with Gasteiger partial charge >= 0.3 is 6.18 Å². The van der Waals surface area contributed by atoms with Crippen LogP contribution in [-0.2, 0) is 10.9 Å². The lowest BCUT2D eigenvalue weighted by molar-refractivity contribution is -0.137. The molecule has 2 N–H and O–H groups in total. The van der Waals surface area contributed by atoms with Crippen LogP contribution in [0.25, 0.3) is 28.2 Å². The molecule has 13 heteroatoms. The number of rotatable bonds is 6. The SMILES string of the molecule is Nc1ncc(-c2ccc3ncc(-c4ccc(C(=O)N5CCN(CCN6CCOCC6)CC5)cc4)n3n2)cc1C(F)(F)F. The number of nitrogens with zero attached hydrogens (tertiary/aromatic N) is 7. The molecule has 2 fully saturated rings. The first-order valence-electron chi connectivity index (χ1n) is 13.9. The Hall–Kier alpha value is -4.07. The average Bonchev–Trinajstić information content (AvgIpc) is 3.44. The second kappa shape index (κ2) is 11.7. The molecule has 2 aliphatic heterocycles. The van der Waals surface area contributed by atoms with Gasteiger partial charge in [-0.3, -0.25) is 14.6 Å². The summed E-state index contributed by atoms with van der Waals surface area (Å²) in [5, 5.41) is 4.53. The molecule has 0 radical (unpaired) electrons. The first-order valence-corrected chi connectivity index (χ1v) is 13.9. The highest BCUT2D eigenvalue weighted by Gasteiger charge is 2.34. The van der Waals surface area contributed by atoms with Crippen molar-refractivity contribution in [2.75, 3.05) is 71.3 Å². The molecule has 2 saturated heterocycles. The summed E-state index contributed by atoms with van der Waals surface area (Å²) in [4.78, 5) is 28.0. The van der Waals surface area contributed by atoms with Crippen molar-refractivity contribution < 1.29 is 22.7 Å². The lowest BCUT2D eigenvalue weighted by atomic mass is 10.1. The van der Waals surface area contributed by atoms with E-state index in [0.29, 0.717) is 30.0 Å². The molecule has 42 heavy (non-hydrogen) atoms. The maximum Gasteiger partial charge on any atom is 0.419 e. The number of hydrogen-bond acceptors (Lipinski definition) is 8. The molecule has 0 bridgehead atoms. The van der Waals surface area contributed by atoms with E-state index < -0.39 is 17.6 Å². The number of fused-ring (bicyclic) bond motifs is 1. The van der Waals surface area contributed by atoms with Crippen molar-refractivity contribution in [1.82, 2.24) is 34.3 Å². The minimum atomic E-state index is -4.63. The van der Waals surface area contributed by atoms with Crippen LogP contribution in [0.5, 0.6) is 0 Å². The molecule has 3 aromatic heterocycles. The number of alkyl halides is 3. The molecular weight excluding hydrogens is 549 g/mol. The number of piperazine rings is 1. The van der Waals surface area contributed by atoms with E-state index in [-0.39, 0.29) is 17.2 Å². The van der Waals surface area contributed by atoms with Gasteiger partial charge in [-0.2, -0.15) is 18.3 Å². The zero-order chi connectivity index (χ0) is 29.3. The van der Waals surface area contributed by atoms with Gasteiger partial charge in [-0.05, 0) is 30.3 Å². The molecule has 5 heterocycles. The Morgan fingerprint density at radius 3 is 2.24 bits per heavy atom. The van der Waals surface area contributed by atoms with Crippen molar-refractivity contribution in [2.45, 2.75) is 6.18 Å². The summed E-state index contributed by atoms with van der Waals surface area (Å²) < 4.78 is 47.1.